The molecule has 2 aromatic carbocycles. The minimum Gasteiger partial charge on any atom is -0.504 e. The van der Waals surface area contributed by atoms with E-state index in [1.54, 1.807) is 14.2 Å². The van der Waals surface area contributed by atoms with Crippen molar-refractivity contribution in [3.05, 3.63) is 46.5 Å². The first-order valence-corrected chi connectivity index (χ1v) is 8.13. The summed E-state index contributed by atoms with van der Waals surface area (Å²) in [5, 5.41) is 20.1. The Balaban J connectivity index is 1.77. The Kier molecular flexibility index (Phi) is 3.53. The molecular weight excluding hydrogens is 306 g/mol. The van der Waals surface area contributed by atoms with Gasteiger partial charge < -0.3 is 19.7 Å². The highest BCUT2D eigenvalue weighted by molar-refractivity contribution is 5.52. The third-order valence-electron chi connectivity index (χ3n) is 5.20. The average Bonchev–Trinajstić information content (AvgIpc) is 2.58. The van der Waals surface area contributed by atoms with Crippen LogP contribution in [0.2, 0.25) is 0 Å². The van der Waals surface area contributed by atoms with E-state index < -0.39 is 0 Å². The van der Waals surface area contributed by atoms with Crippen molar-refractivity contribution in [3.63, 3.8) is 0 Å². The van der Waals surface area contributed by atoms with Crippen molar-refractivity contribution < 1.29 is 19.7 Å². The smallest absolute Gasteiger partial charge is 0.160 e. The van der Waals surface area contributed by atoms with Crippen LogP contribution in [0.5, 0.6) is 23.0 Å². The molecule has 0 saturated heterocycles. The van der Waals surface area contributed by atoms with Crippen molar-refractivity contribution in [2.75, 3.05) is 20.8 Å². The largest absolute Gasteiger partial charge is 0.504 e. The second kappa shape index (κ2) is 5.60. The molecule has 0 aliphatic carbocycles. The summed E-state index contributed by atoms with van der Waals surface area (Å²) in [7, 11) is 3.14. The van der Waals surface area contributed by atoms with Gasteiger partial charge in [0.05, 0.1) is 14.2 Å². The number of methoxy groups -OCH3 is 2. The molecule has 4 rings (SSSR count). The Labute approximate surface area is 141 Å². The van der Waals surface area contributed by atoms with Gasteiger partial charge in [-0.3, -0.25) is 4.90 Å². The first kappa shape index (κ1) is 15.1. The normalized spacial score (nSPS) is 19.2. The second-order valence-corrected chi connectivity index (χ2v) is 6.46. The van der Waals surface area contributed by atoms with Gasteiger partial charge in [-0.1, -0.05) is 0 Å². The fourth-order valence-electron chi connectivity index (χ4n) is 3.94. The van der Waals surface area contributed by atoms with Gasteiger partial charge >= 0.3 is 0 Å². The van der Waals surface area contributed by atoms with Crippen LogP contribution >= 0.6 is 0 Å². The molecule has 2 heterocycles. The first-order chi connectivity index (χ1) is 11.6. The molecule has 2 N–H and O–H groups in total. The van der Waals surface area contributed by atoms with Crippen LogP contribution in [0.15, 0.2) is 24.3 Å². The molecule has 0 bridgehead atoms. The molecule has 0 saturated carbocycles. The van der Waals surface area contributed by atoms with E-state index in [0.29, 0.717) is 11.5 Å². The Bertz CT molecular complexity index is 802. The van der Waals surface area contributed by atoms with Crippen molar-refractivity contribution in [1.29, 1.82) is 0 Å². The molecule has 5 heteroatoms. The lowest BCUT2D eigenvalue weighted by Crippen LogP contribution is -2.39. The molecular formula is C19H21NO4. The van der Waals surface area contributed by atoms with Crippen molar-refractivity contribution in [3.8, 4) is 23.0 Å². The number of rotatable bonds is 2. The van der Waals surface area contributed by atoms with Gasteiger partial charge in [-0.05, 0) is 59.4 Å². The van der Waals surface area contributed by atoms with E-state index >= 15 is 0 Å². The lowest BCUT2D eigenvalue weighted by Gasteiger charge is -2.41. The van der Waals surface area contributed by atoms with Crippen LogP contribution in [-0.2, 0) is 19.4 Å². The number of benzene rings is 2. The van der Waals surface area contributed by atoms with Crippen LogP contribution < -0.4 is 9.47 Å². The molecule has 126 valence electrons. The zero-order valence-electron chi connectivity index (χ0n) is 13.9. The van der Waals surface area contributed by atoms with Crippen molar-refractivity contribution in [2.24, 2.45) is 0 Å². The lowest BCUT2D eigenvalue weighted by molar-refractivity contribution is 0.160. The van der Waals surface area contributed by atoms with Crippen molar-refractivity contribution in [2.45, 2.75) is 25.4 Å². The number of hydrogen-bond acceptors (Lipinski definition) is 5. The highest BCUT2D eigenvalue weighted by Gasteiger charge is 2.33. The topological polar surface area (TPSA) is 62.2 Å². The number of nitrogens with zero attached hydrogens (tertiary/aromatic N) is 1. The Hall–Kier alpha value is -2.40. The van der Waals surface area contributed by atoms with Gasteiger partial charge in [0.2, 0.25) is 0 Å². The van der Waals surface area contributed by atoms with E-state index in [4.69, 9.17) is 9.47 Å². The van der Waals surface area contributed by atoms with Crippen LogP contribution in [0, 0.1) is 0 Å². The number of aromatic hydroxyl groups is 2. The van der Waals surface area contributed by atoms with Crippen LogP contribution in [0.4, 0.5) is 0 Å². The highest BCUT2D eigenvalue weighted by Crippen LogP contribution is 2.43. The Morgan fingerprint density at radius 3 is 2.29 bits per heavy atom. The van der Waals surface area contributed by atoms with Crippen LogP contribution in [-0.4, -0.2) is 35.9 Å². The van der Waals surface area contributed by atoms with Crippen LogP contribution in [0.25, 0.3) is 0 Å². The molecule has 0 spiro atoms. The molecule has 1 unspecified atom stereocenters. The minimum atomic E-state index is 0.193. The van der Waals surface area contributed by atoms with E-state index in [-0.39, 0.29) is 17.5 Å². The standard InChI is InChI=1S/C19H21NO4/c1-23-18-8-12-5-15-14-9-19(24-2)16(21)6-11(14)3-4-20(15)10-13(12)7-17(18)22/h6-9,15,21-22H,3-5,10H2,1-2H3. The Morgan fingerprint density at radius 1 is 0.917 bits per heavy atom. The minimum absolute atomic E-state index is 0.193. The zero-order chi connectivity index (χ0) is 16.8. The number of fused-ring (bicyclic) bond motifs is 4. The number of ether oxygens (including phenoxy) is 2. The van der Waals surface area contributed by atoms with Crippen LogP contribution in [0.1, 0.15) is 28.3 Å². The average molecular weight is 327 g/mol. The number of phenols is 2. The molecule has 2 aromatic rings. The van der Waals surface area contributed by atoms with E-state index in [1.165, 1.54) is 16.7 Å². The first-order valence-electron chi connectivity index (χ1n) is 8.13. The van der Waals surface area contributed by atoms with Gasteiger partial charge in [-0.15, -0.1) is 0 Å². The van der Waals surface area contributed by atoms with Crippen molar-refractivity contribution >= 4 is 0 Å². The predicted molar refractivity (Wildman–Crippen MR) is 89.9 cm³/mol. The maximum absolute atomic E-state index is 10.0. The molecule has 5 nitrogen and oxygen atoms in total. The van der Waals surface area contributed by atoms with Gasteiger partial charge in [0.25, 0.3) is 0 Å². The molecule has 1 atom stereocenters. The molecule has 0 amide bonds. The highest BCUT2D eigenvalue weighted by atomic mass is 16.5. The SMILES string of the molecule is COc1cc2c(cc1O)CN1CCc3cc(O)c(OC)cc3C1C2. The fourth-order valence-corrected chi connectivity index (χ4v) is 3.94. The molecule has 0 aromatic heterocycles. The van der Waals surface area contributed by atoms with Crippen molar-refractivity contribution in [1.82, 2.24) is 4.90 Å². The summed E-state index contributed by atoms with van der Waals surface area (Å²) in [5.74, 6) is 1.43. The summed E-state index contributed by atoms with van der Waals surface area (Å²) in [6, 6.07) is 7.80. The Morgan fingerprint density at radius 2 is 1.58 bits per heavy atom. The number of hydrogen-bond donors (Lipinski definition) is 2. The third kappa shape index (κ3) is 2.27. The second-order valence-electron chi connectivity index (χ2n) is 6.46. The summed E-state index contributed by atoms with van der Waals surface area (Å²) < 4.78 is 10.5. The van der Waals surface area contributed by atoms with Gasteiger partial charge in [-0.2, -0.15) is 0 Å². The quantitative estimate of drug-likeness (QED) is 0.888. The lowest BCUT2D eigenvalue weighted by atomic mass is 9.83. The summed E-state index contributed by atoms with van der Waals surface area (Å²) in [4.78, 5) is 2.42. The van der Waals surface area contributed by atoms with Gasteiger partial charge in [0.15, 0.2) is 23.0 Å². The summed E-state index contributed by atoms with van der Waals surface area (Å²) >= 11 is 0. The van der Waals surface area contributed by atoms with E-state index in [2.05, 4.69) is 4.90 Å². The summed E-state index contributed by atoms with van der Waals surface area (Å²) in [5.41, 5.74) is 4.75. The third-order valence-corrected chi connectivity index (χ3v) is 5.20. The van der Waals surface area contributed by atoms with Crippen LogP contribution in [0.3, 0.4) is 0 Å². The molecule has 2 aliphatic rings. The maximum Gasteiger partial charge on any atom is 0.160 e. The maximum atomic E-state index is 10.0. The van der Waals surface area contributed by atoms with E-state index in [0.717, 1.165) is 31.5 Å². The molecule has 2 aliphatic heterocycles. The number of phenolic OH excluding ortho intramolecular Hbond substituents is 2. The monoisotopic (exact) mass is 327 g/mol. The van der Waals surface area contributed by atoms with E-state index in [9.17, 15) is 10.2 Å². The zero-order valence-corrected chi connectivity index (χ0v) is 13.9. The molecule has 0 radical (unpaired) electrons. The fraction of sp³-hybridized carbons (Fsp3) is 0.368. The van der Waals surface area contributed by atoms with Gasteiger partial charge in [0.1, 0.15) is 0 Å². The summed E-state index contributed by atoms with van der Waals surface area (Å²) in [6.07, 6.45) is 1.76. The predicted octanol–water partition coefficient (Wildman–Crippen LogP) is 2.77. The molecule has 24 heavy (non-hydrogen) atoms. The summed E-state index contributed by atoms with van der Waals surface area (Å²) in [6.45, 7) is 1.75. The van der Waals surface area contributed by atoms with Gasteiger partial charge in [0, 0.05) is 19.1 Å². The van der Waals surface area contributed by atoms with E-state index in [1.807, 2.05) is 24.3 Å². The molecule has 0 fully saturated rings. The van der Waals surface area contributed by atoms with Gasteiger partial charge in [-0.25, -0.2) is 0 Å².